The highest BCUT2D eigenvalue weighted by Gasteiger charge is 2.18. The number of pyridine rings is 1. The van der Waals surface area contributed by atoms with Gasteiger partial charge in [0.15, 0.2) is 0 Å². The third-order valence-corrected chi connectivity index (χ3v) is 4.25. The Bertz CT molecular complexity index is 596. The fourth-order valence-corrected chi connectivity index (χ4v) is 3.06. The number of aromatic nitrogens is 3. The van der Waals surface area contributed by atoms with E-state index in [2.05, 4.69) is 15.1 Å². The summed E-state index contributed by atoms with van der Waals surface area (Å²) in [5.41, 5.74) is 0.812. The first-order chi connectivity index (χ1) is 10.3. The lowest BCUT2D eigenvalue weighted by Crippen LogP contribution is -2.37. The van der Waals surface area contributed by atoms with Gasteiger partial charge in [-0.2, -0.15) is 16.7 Å². The molecule has 3 heterocycles. The number of amides is 1. The Kier molecular flexibility index (Phi) is 4.49. The van der Waals surface area contributed by atoms with Crippen LogP contribution in [0.2, 0.25) is 0 Å². The van der Waals surface area contributed by atoms with Crippen molar-refractivity contribution >= 4 is 17.7 Å². The van der Waals surface area contributed by atoms with Gasteiger partial charge in [-0.25, -0.2) is 0 Å². The molecule has 0 N–H and O–H groups in total. The molecule has 0 saturated carbocycles. The fraction of sp³-hybridized carbons (Fsp3) is 0.429. The molecule has 21 heavy (non-hydrogen) atoms. The number of carbonyl (C=O) groups excluding carboxylic acids is 1. The van der Waals surface area contributed by atoms with Crippen molar-refractivity contribution in [1.29, 1.82) is 0 Å². The highest BCUT2D eigenvalue weighted by molar-refractivity contribution is 7.99. The number of hydrogen-bond acceptors (Lipinski definition) is 6. The number of carbonyl (C=O) groups is 1. The van der Waals surface area contributed by atoms with Gasteiger partial charge >= 0.3 is 0 Å². The maximum atomic E-state index is 12.1. The van der Waals surface area contributed by atoms with E-state index in [0.717, 1.165) is 30.2 Å². The lowest BCUT2D eigenvalue weighted by atomic mass is 10.2. The number of thioether (sulfide) groups is 1. The monoisotopic (exact) mass is 304 g/mol. The lowest BCUT2D eigenvalue weighted by molar-refractivity contribution is -0.130. The Labute approximate surface area is 126 Å². The molecular formula is C14H16N4O2S. The van der Waals surface area contributed by atoms with Gasteiger partial charge in [0.25, 0.3) is 0 Å². The molecule has 0 atom stereocenters. The molecule has 1 aliphatic rings. The zero-order valence-electron chi connectivity index (χ0n) is 11.6. The van der Waals surface area contributed by atoms with E-state index in [4.69, 9.17) is 4.52 Å². The highest BCUT2D eigenvalue weighted by atomic mass is 32.2. The molecule has 2 aromatic heterocycles. The molecule has 1 amide bonds. The van der Waals surface area contributed by atoms with Crippen LogP contribution in [0.4, 0.5) is 0 Å². The molecule has 2 aromatic rings. The zero-order chi connectivity index (χ0) is 14.5. The third-order valence-electron chi connectivity index (χ3n) is 3.30. The summed E-state index contributed by atoms with van der Waals surface area (Å²) in [4.78, 5) is 22.3. The molecule has 0 unspecified atom stereocenters. The van der Waals surface area contributed by atoms with E-state index in [1.807, 2.05) is 28.8 Å². The van der Waals surface area contributed by atoms with Gasteiger partial charge in [-0.3, -0.25) is 9.78 Å². The van der Waals surface area contributed by atoms with Crippen molar-refractivity contribution in [2.24, 2.45) is 0 Å². The largest absolute Gasteiger partial charge is 0.341 e. The number of hydrogen-bond donors (Lipinski definition) is 0. The Morgan fingerprint density at radius 1 is 1.38 bits per heavy atom. The summed E-state index contributed by atoms with van der Waals surface area (Å²) in [6, 6.07) is 3.70. The zero-order valence-corrected chi connectivity index (χ0v) is 12.4. The Hall–Kier alpha value is -1.89. The normalized spacial score (nSPS) is 15.1. The van der Waals surface area contributed by atoms with E-state index < -0.39 is 0 Å². The van der Waals surface area contributed by atoms with E-state index in [1.165, 1.54) is 0 Å². The Morgan fingerprint density at radius 3 is 3.00 bits per heavy atom. The van der Waals surface area contributed by atoms with Gasteiger partial charge in [-0.15, -0.1) is 0 Å². The second kappa shape index (κ2) is 6.71. The van der Waals surface area contributed by atoms with Crippen molar-refractivity contribution in [3.8, 4) is 11.4 Å². The fourth-order valence-electron chi connectivity index (χ4n) is 2.15. The molecule has 0 radical (unpaired) electrons. The second-order valence-electron chi connectivity index (χ2n) is 4.75. The van der Waals surface area contributed by atoms with Gasteiger partial charge in [0, 0.05) is 55.4 Å². The van der Waals surface area contributed by atoms with Crippen LogP contribution in [-0.2, 0) is 11.2 Å². The number of aryl methyl sites for hydroxylation is 1. The minimum absolute atomic E-state index is 0.163. The summed E-state index contributed by atoms with van der Waals surface area (Å²) in [5.74, 6) is 3.22. The minimum atomic E-state index is 0.163. The average molecular weight is 304 g/mol. The molecule has 0 aromatic carbocycles. The van der Waals surface area contributed by atoms with Crippen LogP contribution in [0, 0.1) is 0 Å². The molecule has 3 rings (SSSR count). The van der Waals surface area contributed by atoms with Crippen LogP contribution in [0.15, 0.2) is 29.0 Å². The first kappa shape index (κ1) is 14.1. The van der Waals surface area contributed by atoms with E-state index >= 15 is 0 Å². The maximum Gasteiger partial charge on any atom is 0.227 e. The summed E-state index contributed by atoms with van der Waals surface area (Å²) < 4.78 is 5.19. The van der Waals surface area contributed by atoms with Gasteiger partial charge in [0.2, 0.25) is 17.6 Å². The second-order valence-corrected chi connectivity index (χ2v) is 5.97. The number of nitrogens with zero attached hydrogens (tertiary/aromatic N) is 4. The third kappa shape index (κ3) is 3.60. The van der Waals surface area contributed by atoms with Crippen molar-refractivity contribution < 1.29 is 9.32 Å². The van der Waals surface area contributed by atoms with Crippen LogP contribution < -0.4 is 0 Å². The molecule has 110 valence electrons. The van der Waals surface area contributed by atoms with Crippen molar-refractivity contribution in [1.82, 2.24) is 20.0 Å². The highest BCUT2D eigenvalue weighted by Crippen LogP contribution is 2.15. The van der Waals surface area contributed by atoms with Gasteiger partial charge in [0.05, 0.1) is 0 Å². The molecule has 7 heteroatoms. The summed E-state index contributed by atoms with van der Waals surface area (Å²) in [7, 11) is 0. The van der Waals surface area contributed by atoms with Crippen LogP contribution >= 0.6 is 11.8 Å². The van der Waals surface area contributed by atoms with E-state index in [-0.39, 0.29) is 5.91 Å². The molecule has 0 bridgehead atoms. The quantitative estimate of drug-likeness (QED) is 0.855. The summed E-state index contributed by atoms with van der Waals surface area (Å²) >= 11 is 1.89. The Morgan fingerprint density at radius 2 is 2.24 bits per heavy atom. The standard InChI is InChI=1S/C14H16N4O2S/c19-13(18-6-8-21-9-7-18)4-3-12-16-14(17-20-12)11-2-1-5-15-10-11/h1-2,5,10H,3-4,6-9H2. The van der Waals surface area contributed by atoms with E-state index in [9.17, 15) is 4.79 Å². The topological polar surface area (TPSA) is 72.1 Å². The molecule has 0 aliphatic carbocycles. The van der Waals surface area contributed by atoms with Crippen LogP contribution in [0.1, 0.15) is 12.3 Å². The smallest absolute Gasteiger partial charge is 0.227 e. The van der Waals surface area contributed by atoms with Gasteiger partial charge in [0.1, 0.15) is 0 Å². The lowest BCUT2D eigenvalue weighted by Gasteiger charge is -2.26. The van der Waals surface area contributed by atoms with Gasteiger partial charge < -0.3 is 9.42 Å². The van der Waals surface area contributed by atoms with Gasteiger partial charge in [-0.05, 0) is 12.1 Å². The van der Waals surface area contributed by atoms with E-state index in [0.29, 0.717) is 24.6 Å². The summed E-state index contributed by atoms with van der Waals surface area (Å²) in [5, 5.41) is 3.92. The summed E-state index contributed by atoms with van der Waals surface area (Å²) in [6.07, 6.45) is 4.28. The van der Waals surface area contributed by atoms with Crippen LogP contribution in [0.25, 0.3) is 11.4 Å². The predicted octanol–water partition coefficient (Wildman–Crippen LogP) is 1.64. The van der Waals surface area contributed by atoms with E-state index in [1.54, 1.807) is 12.4 Å². The van der Waals surface area contributed by atoms with Crippen molar-refractivity contribution in [3.05, 3.63) is 30.4 Å². The molecule has 1 aliphatic heterocycles. The molecule has 1 saturated heterocycles. The first-order valence-electron chi connectivity index (χ1n) is 6.91. The van der Waals surface area contributed by atoms with Crippen molar-refractivity contribution in [3.63, 3.8) is 0 Å². The molecular weight excluding hydrogens is 288 g/mol. The van der Waals surface area contributed by atoms with Crippen molar-refractivity contribution in [2.75, 3.05) is 24.6 Å². The predicted molar refractivity (Wildman–Crippen MR) is 79.8 cm³/mol. The molecule has 0 spiro atoms. The summed E-state index contributed by atoms with van der Waals surface area (Å²) in [6.45, 7) is 1.68. The maximum absolute atomic E-state index is 12.1. The SMILES string of the molecule is O=C(CCc1nc(-c2cccnc2)no1)N1CCSCC1. The molecule has 1 fully saturated rings. The van der Waals surface area contributed by atoms with Crippen LogP contribution in [-0.4, -0.2) is 50.5 Å². The van der Waals surface area contributed by atoms with Crippen molar-refractivity contribution in [2.45, 2.75) is 12.8 Å². The van der Waals surface area contributed by atoms with Crippen LogP contribution in [0.3, 0.4) is 0 Å². The molecule has 6 nitrogen and oxygen atoms in total. The van der Waals surface area contributed by atoms with Gasteiger partial charge in [-0.1, -0.05) is 5.16 Å². The van der Waals surface area contributed by atoms with Crippen LogP contribution in [0.5, 0.6) is 0 Å². The average Bonchev–Trinajstić information content (AvgIpc) is 3.03. The minimum Gasteiger partial charge on any atom is -0.341 e. The number of rotatable bonds is 4. The Balaban J connectivity index is 1.56. The first-order valence-corrected chi connectivity index (χ1v) is 8.07.